The van der Waals surface area contributed by atoms with E-state index in [0.717, 1.165) is 5.56 Å². The zero-order chi connectivity index (χ0) is 28.2. The van der Waals surface area contributed by atoms with Crippen LogP contribution in [0.5, 0.6) is 0 Å². The molecule has 1 aliphatic rings. The van der Waals surface area contributed by atoms with E-state index in [2.05, 4.69) is 5.32 Å². The van der Waals surface area contributed by atoms with Crippen LogP contribution in [0.1, 0.15) is 16.4 Å². The molecular formula is C30H29ClFN5O2S. The van der Waals surface area contributed by atoms with Gasteiger partial charge < -0.3 is 10.2 Å². The van der Waals surface area contributed by atoms with E-state index in [1.807, 2.05) is 73.6 Å². The highest BCUT2D eigenvalue weighted by atomic mass is 35.5. The number of para-hydroxylation sites is 1. The maximum absolute atomic E-state index is 14.5. The lowest BCUT2D eigenvalue weighted by atomic mass is 9.99. The Bertz CT molecular complexity index is 1530. The normalized spacial score (nSPS) is 15.2. The number of fused-ring (bicyclic) bond motifs is 1. The van der Waals surface area contributed by atoms with Gasteiger partial charge in [-0.3, -0.25) is 14.5 Å². The van der Waals surface area contributed by atoms with Crippen LogP contribution in [0, 0.1) is 5.82 Å². The molecule has 4 aromatic rings. The molecule has 1 aliphatic heterocycles. The van der Waals surface area contributed by atoms with Crippen LogP contribution in [0.3, 0.4) is 0 Å². The number of nitrogens with zero attached hydrogens (tertiary/aromatic N) is 4. The van der Waals surface area contributed by atoms with Crippen molar-refractivity contribution in [3.05, 3.63) is 101 Å². The monoisotopic (exact) mass is 577 g/mol. The van der Waals surface area contributed by atoms with E-state index in [4.69, 9.17) is 16.7 Å². The molecule has 0 saturated heterocycles. The fourth-order valence-electron chi connectivity index (χ4n) is 4.67. The Hall–Kier alpha value is -3.66. The van der Waals surface area contributed by atoms with Gasteiger partial charge in [-0.15, -0.1) is 11.8 Å². The average molecular weight is 578 g/mol. The van der Waals surface area contributed by atoms with Gasteiger partial charge in [0.15, 0.2) is 0 Å². The zero-order valence-corrected chi connectivity index (χ0v) is 23.8. The fraction of sp³-hybridized carbons (Fsp3) is 0.233. The first kappa shape index (κ1) is 27.9. The van der Waals surface area contributed by atoms with E-state index < -0.39 is 5.25 Å². The molecule has 0 spiro atoms. The summed E-state index contributed by atoms with van der Waals surface area (Å²) in [6.07, 6.45) is 0. The molecule has 7 nitrogen and oxygen atoms in total. The SMILES string of the molecule is CN(C)CCNC(=O)CN1C(=O)CSC(c2cccc(F)c2)c2c(-c3ccccc3)nn(-c3ccccc3Cl)c21. The number of benzene rings is 3. The van der Waals surface area contributed by atoms with Crippen LogP contribution in [0.4, 0.5) is 10.2 Å². The van der Waals surface area contributed by atoms with Crippen molar-refractivity contribution in [2.45, 2.75) is 5.25 Å². The zero-order valence-electron chi connectivity index (χ0n) is 22.2. The number of hydrogen-bond donors (Lipinski definition) is 1. The van der Waals surface area contributed by atoms with Crippen molar-refractivity contribution >= 4 is 41.0 Å². The number of rotatable bonds is 8. The molecule has 2 heterocycles. The Balaban J connectivity index is 1.74. The Labute approximate surface area is 241 Å². The van der Waals surface area contributed by atoms with Gasteiger partial charge in [-0.2, -0.15) is 5.10 Å². The minimum Gasteiger partial charge on any atom is -0.353 e. The number of hydrogen-bond acceptors (Lipinski definition) is 5. The molecule has 10 heteroatoms. The third-order valence-corrected chi connectivity index (χ3v) is 8.13. The quantitative estimate of drug-likeness (QED) is 0.313. The number of carbonyl (C=O) groups is 2. The summed E-state index contributed by atoms with van der Waals surface area (Å²) in [5, 5.41) is 7.92. The highest BCUT2D eigenvalue weighted by Crippen LogP contribution is 2.48. The summed E-state index contributed by atoms with van der Waals surface area (Å²) < 4.78 is 16.1. The lowest BCUT2D eigenvalue weighted by molar-refractivity contribution is -0.122. The van der Waals surface area contributed by atoms with Crippen molar-refractivity contribution in [3.8, 4) is 16.9 Å². The first-order valence-electron chi connectivity index (χ1n) is 12.9. The van der Waals surface area contributed by atoms with E-state index in [0.29, 0.717) is 46.4 Å². The number of halogens is 2. The Kier molecular flexibility index (Phi) is 8.54. The van der Waals surface area contributed by atoms with Crippen LogP contribution in [0.25, 0.3) is 16.9 Å². The van der Waals surface area contributed by atoms with E-state index in [-0.39, 0.29) is 29.9 Å². The minimum atomic E-state index is -0.428. The first-order chi connectivity index (χ1) is 19.3. The van der Waals surface area contributed by atoms with E-state index in [9.17, 15) is 14.0 Å². The van der Waals surface area contributed by atoms with Crippen molar-refractivity contribution in [2.75, 3.05) is 44.4 Å². The third kappa shape index (κ3) is 5.91. The molecule has 0 fully saturated rings. The number of nitrogens with one attached hydrogen (secondary N) is 1. The van der Waals surface area contributed by atoms with Crippen molar-refractivity contribution in [1.29, 1.82) is 0 Å². The number of amides is 2. The number of anilines is 1. The molecule has 1 unspecified atom stereocenters. The lowest BCUT2D eigenvalue weighted by Crippen LogP contribution is -2.43. The molecule has 1 N–H and O–H groups in total. The second-order valence-corrected chi connectivity index (χ2v) is 11.2. The predicted molar refractivity (Wildman–Crippen MR) is 159 cm³/mol. The second-order valence-electron chi connectivity index (χ2n) is 9.69. The van der Waals surface area contributed by atoms with Crippen LogP contribution in [-0.2, 0) is 9.59 Å². The standard InChI is InChI=1S/C30H29ClFN5O2S/c1-35(2)16-15-33-25(38)18-36-26(39)19-40-29(21-11-8-12-22(32)17-21)27-28(20-9-4-3-5-10-20)34-37(30(27)36)24-14-7-6-13-23(24)31/h3-14,17,29H,15-16,18-19H2,1-2H3,(H,33,38). The van der Waals surface area contributed by atoms with E-state index >= 15 is 0 Å². The van der Waals surface area contributed by atoms with Gasteiger partial charge in [-0.1, -0.05) is 66.2 Å². The van der Waals surface area contributed by atoms with Crippen LogP contribution in [0.2, 0.25) is 5.02 Å². The van der Waals surface area contributed by atoms with Crippen LogP contribution < -0.4 is 10.2 Å². The molecule has 206 valence electrons. The van der Waals surface area contributed by atoms with Gasteiger partial charge in [-0.05, 0) is 43.9 Å². The molecule has 1 aromatic heterocycles. The maximum atomic E-state index is 14.5. The highest BCUT2D eigenvalue weighted by Gasteiger charge is 2.38. The second kappa shape index (κ2) is 12.2. The highest BCUT2D eigenvalue weighted by molar-refractivity contribution is 8.00. The van der Waals surface area contributed by atoms with Crippen molar-refractivity contribution in [2.24, 2.45) is 0 Å². The molecule has 40 heavy (non-hydrogen) atoms. The molecule has 5 rings (SSSR count). The first-order valence-corrected chi connectivity index (χ1v) is 14.3. The minimum absolute atomic E-state index is 0.0948. The molecule has 2 amide bonds. The Morgan fingerprint density at radius 1 is 1.10 bits per heavy atom. The average Bonchev–Trinajstić information content (AvgIpc) is 3.25. The van der Waals surface area contributed by atoms with Gasteiger partial charge in [0, 0.05) is 24.2 Å². The number of likely N-dealkylation sites (N-methyl/N-ethyl adjacent to an activating group) is 1. The molecule has 0 bridgehead atoms. The van der Waals surface area contributed by atoms with Gasteiger partial charge in [0.05, 0.1) is 27.4 Å². The summed E-state index contributed by atoms with van der Waals surface area (Å²) in [5.74, 6) is -0.368. The van der Waals surface area contributed by atoms with Gasteiger partial charge >= 0.3 is 0 Å². The van der Waals surface area contributed by atoms with Gasteiger partial charge in [0.25, 0.3) is 0 Å². The van der Waals surface area contributed by atoms with Crippen LogP contribution in [-0.4, -0.2) is 66.0 Å². The summed E-state index contributed by atoms with van der Waals surface area (Å²) in [7, 11) is 3.85. The molecular weight excluding hydrogens is 549 g/mol. The molecule has 0 radical (unpaired) electrons. The topological polar surface area (TPSA) is 70.5 Å². The Morgan fingerprint density at radius 2 is 1.85 bits per heavy atom. The summed E-state index contributed by atoms with van der Waals surface area (Å²) in [4.78, 5) is 30.3. The fourth-order valence-corrected chi connectivity index (χ4v) is 6.07. The predicted octanol–water partition coefficient (Wildman–Crippen LogP) is 5.18. The van der Waals surface area contributed by atoms with Gasteiger partial charge in [0.2, 0.25) is 11.8 Å². The van der Waals surface area contributed by atoms with Crippen LogP contribution in [0.15, 0.2) is 78.9 Å². The molecule has 3 aromatic carbocycles. The third-order valence-electron chi connectivity index (χ3n) is 6.55. The van der Waals surface area contributed by atoms with E-state index in [1.165, 1.54) is 28.8 Å². The molecule has 1 atom stereocenters. The maximum Gasteiger partial charge on any atom is 0.240 e. The summed E-state index contributed by atoms with van der Waals surface area (Å²) in [6, 6.07) is 23.2. The smallest absolute Gasteiger partial charge is 0.240 e. The Morgan fingerprint density at radius 3 is 2.58 bits per heavy atom. The number of carbonyl (C=O) groups excluding carboxylic acids is 2. The summed E-state index contributed by atoms with van der Waals surface area (Å²) >= 11 is 8.04. The van der Waals surface area contributed by atoms with Crippen molar-refractivity contribution in [3.63, 3.8) is 0 Å². The molecule has 0 saturated carbocycles. The lowest BCUT2D eigenvalue weighted by Gasteiger charge is -2.23. The molecule has 0 aliphatic carbocycles. The summed E-state index contributed by atoms with van der Waals surface area (Å²) in [6.45, 7) is 0.915. The summed E-state index contributed by atoms with van der Waals surface area (Å²) in [5.41, 5.74) is 3.44. The van der Waals surface area contributed by atoms with Gasteiger partial charge in [0.1, 0.15) is 18.2 Å². The number of aromatic nitrogens is 2. The van der Waals surface area contributed by atoms with Crippen molar-refractivity contribution < 1.29 is 14.0 Å². The largest absolute Gasteiger partial charge is 0.353 e. The van der Waals surface area contributed by atoms with E-state index in [1.54, 1.807) is 16.8 Å². The number of thioether (sulfide) groups is 1. The van der Waals surface area contributed by atoms with Crippen molar-refractivity contribution in [1.82, 2.24) is 20.0 Å². The van der Waals surface area contributed by atoms with Crippen LogP contribution >= 0.6 is 23.4 Å². The van der Waals surface area contributed by atoms with Gasteiger partial charge in [-0.25, -0.2) is 9.07 Å².